The van der Waals surface area contributed by atoms with Gasteiger partial charge in [-0.2, -0.15) is 0 Å². The lowest BCUT2D eigenvalue weighted by atomic mass is 10.0. The van der Waals surface area contributed by atoms with Crippen LogP contribution in [0, 0.1) is 5.92 Å². The third-order valence-electron chi connectivity index (χ3n) is 1.74. The maximum Gasteiger partial charge on any atom is 0.0380 e. The van der Waals surface area contributed by atoms with Gasteiger partial charge >= 0.3 is 0 Å². The highest BCUT2D eigenvalue weighted by molar-refractivity contribution is 14.1. The molecule has 0 aromatic rings. The van der Waals surface area contributed by atoms with Crippen molar-refractivity contribution in [2.24, 2.45) is 5.92 Å². The highest BCUT2D eigenvalue weighted by Crippen LogP contribution is 2.41. The number of allylic oxidation sites excluding steroid dienone is 4. The molecule has 1 aliphatic heterocycles. The molecule has 0 bridgehead atoms. The van der Waals surface area contributed by atoms with Crippen LogP contribution in [0.5, 0.6) is 0 Å². The lowest BCUT2D eigenvalue weighted by Gasteiger charge is -2.14. The van der Waals surface area contributed by atoms with Crippen LogP contribution in [0.15, 0.2) is 33.3 Å². The van der Waals surface area contributed by atoms with Gasteiger partial charge in [-0.1, -0.05) is 24.3 Å². The zero-order valence-electron chi connectivity index (χ0n) is 5.33. The molecule has 2 unspecified atom stereocenters. The summed E-state index contributed by atoms with van der Waals surface area (Å²) >= 11 is 4.35. The van der Waals surface area contributed by atoms with Crippen LogP contribution in [0.25, 0.3) is 0 Å². The van der Waals surface area contributed by atoms with E-state index in [1.807, 2.05) is 11.8 Å². The predicted molar refractivity (Wildman–Crippen MR) is 55.3 cm³/mol. The Kier molecular flexibility index (Phi) is 1.91. The fraction of sp³-hybridized carbons (Fsp3) is 0.250. The largest absolute Gasteiger partial charge is 0.125 e. The summed E-state index contributed by atoms with van der Waals surface area (Å²) in [5.74, 6) is 0.676. The molecule has 0 amide bonds. The molecule has 0 aromatic carbocycles. The van der Waals surface area contributed by atoms with Gasteiger partial charge in [-0.3, -0.25) is 0 Å². The number of halogens is 1. The van der Waals surface area contributed by atoms with Crippen LogP contribution < -0.4 is 0 Å². The highest BCUT2D eigenvalue weighted by atomic mass is 127. The highest BCUT2D eigenvalue weighted by Gasteiger charge is 2.25. The molecular formula is C8H7IS. The van der Waals surface area contributed by atoms with Gasteiger partial charge in [0.25, 0.3) is 0 Å². The first-order valence-electron chi connectivity index (χ1n) is 3.24. The van der Waals surface area contributed by atoms with E-state index in [0.29, 0.717) is 11.2 Å². The van der Waals surface area contributed by atoms with E-state index < -0.39 is 0 Å². The standard InChI is InChI=1S/C8H7IS/c9-7-5-10-8-4-2-1-3-6(7)8/h1-6,8H. The zero-order valence-corrected chi connectivity index (χ0v) is 8.30. The molecule has 2 heteroatoms. The van der Waals surface area contributed by atoms with Crippen LogP contribution in [0.4, 0.5) is 0 Å². The minimum atomic E-state index is 0.676. The van der Waals surface area contributed by atoms with Crippen molar-refractivity contribution in [3.63, 3.8) is 0 Å². The molecule has 2 aliphatic rings. The van der Waals surface area contributed by atoms with Gasteiger partial charge in [-0.05, 0) is 28.0 Å². The van der Waals surface area contributed by atoms with Gasteiger partial charge < -0.3 is 0 Å². The molecule has 0 fully saturated rings. The van der Waals surface area contributed by atoms with Crippen molar-refractivity contribution < 1.29 is 0 Å². The van der Waals surface area contributed by atoms with E-state index >= 15 is 0 Å². The first-order valence-corrected chi connectivity index (χ1v) is 5.26. The number of hydrogen-bond donors (Lipinski definition) is 0. The van der Waals surface area contributed by atoms with Crippen molar-refractivity contribution in [1.29, 1.82) is 0 Å². The minimum absolute atomic E-state index is 0.676. The summed E-state index contributed by atoms with van der Waals surface area (Å²) in [6, 6.07) is 0. The van der Waals surface area contributed by atoms with Crippen molar-refractivity contribution in [3.8, 4) is 0 Å². The van der Waals surface area contributed by atoms with Gasteiger partial charge in [-0.15, -0.1) is 11.8 Å². The summed E-state index contributed by atoms with van der Waals surface area (Å²) < 4.78 is 1.48. The molecule has 0 N–H and O–H groups in total. The monoisotopic (exact) mass is 262 g/mol. The van der Waals surface area contributed by atoms with E-state index in [-0.39, 0.29) is 0 Å². The summed E-state index contributed by atoms with van der Waals surface area (Å²) in [7, 11) is 0. The van der Waals surface area contributed by atoms with Crippen molar-refractivity contribution >= 4 is 34.4 Å². The molecule has 0 spiro atoms. The van der Waals surface area contributed by atoms with E-state index in [2.05, 4.69) is 52.3 Å². The number of thioether (sulfide) groups is 1. The van der Waals surface area contributed by atoms with Gasteiger partial charge in [0.2, 0.25) is 0 Å². The normalized spacial score (nSPS) is 35.9. The molecule has 0 aromatic heterocycles. The van der Waals surface area contributed by atoms with Crippen molar-refractivity contribution in [3.05, 3.63) is 33.3 Å². The average molecular weight is 262 g/mol. The van der Waals surface area contributed by atoms with Gasteiger partial charge in [0.05, 0.1) is 0 Å². The predicted octanol–water partition coefficient (Wildman–Crippen LogP) is 3.12. The third-order valence-corrected chi connectivity index (χ3v) is 4.35. The molecule has 0 radical (unpaired) electrons. The number of hydrogen-bond acceptors (Lipinski definition) is 1. The van der Waals surface area contributed by atoms with E-state index in [1.165, 1.54) is 3.58 Å². The molecule has 2 atom stereocenters. The van der Waals surface area contributed by atoms with Gasteiger partial charge in [0.1, 0.15) is 0 Å². The van der Waals surface area contributed by atoms with E-state index in [4.69, 9.17) is 0 Å². The summed E-state index contributed by atoms with van der Waals surface area (Å²) in [5, 5.41) is 2.95. The Hall–Kier alpha value is 0.300. The molecule has 10 heavy (non-hydrogen) atoms. The van der Waals surface area contributed by atoms with Crippen LogP contribution in [-0.2, 0) is 0 Å². The maximum atomic E-state index is 2.42. The molecule has 0 saturated heterocycles. The Morgan fingerprint density at radius 3 is 2.90 bits per heavy atom. The van der Waals surface area contributed by atoms with Crippen LogP contribution in [0.1, 0.15) is 0 Å². The first-order chi connectivity index (χ1) is 4.88. The first kappa shape index (κ1) is 6.98. The lowest BCUT2D eigenvalue weighted by molar-refractivity contribution is 0.851. The maximum absolute atomic E-state index is 2.42. The van der Waals surface area contributed by atoms with Crippen LogP contribution in [0.3, 0.4) is 0 Å². The molecule has 0 saturated carbocycles. The smallest absolute Gasteiger partial charge is 0.0380 e. The molecule has 0 nitrogen and oxygen atoms in total. The Bertz CT molecular complexity index is 227. The quantitative estimate of drug-likeness (QED) is 0.604. The Morgan fingerprint density at radius 1 is 1.30 bits per heavy atom. The Balaban J connectivity index is 2.27. The second-order valence-electron chi connectivity index (χ2n) is 2.40. The van der Waals surface area contributed by atoms with Gasteiger partial charge in [0, 0.05) is 14.7 Å². The summed E-state index contributed by atoms with van der Waals surface area (Å²) in [6.45, 7) is 0. The number of fused-ring (bicyclic) bond motifs is 1. The molecule has 52 valence electrons. The van der Waals surface area contributed by atoms with E-state index in [9.17, 15) is 0 Å². The SMILES string of the molecule is IC1=CSC2C=CC=CC12. The zero-order chi connectivity index (χ0) is 6.97. The summed E-state index contributed by atoms with van der Waals surface area (Å²) in [6.07, 6.45) is 8.83. The van der Waals surface area contributed by atoms with Gasteiger partial charge in [0.15, 0.2) is 0 Å². The van der Waals surface area contributed by atoms with Gasteiger partial charge in [-0.25, -0.2) is 0 Å². The average Bonchev–Trinajstić information content (AvgIpc) is 2.34. The van der Waals surface area contributed by atoms with Crippen molar-refractivity contribution in [2.45, 2.75) is 5.25 Å². The molecule has 2 rings (SSSR count). The molecule has 1 heterocycles. The van der Waals surface area contributed by atoms with Crippen molar-refractivity contribution in [1.82, 2.24) is 0 Å². The number of rotatable bonds is 0. The van der Waals surface area contributed by atoms with Crippen molar-refractivity contribution in [2.75, 3.05) is 0 Å². The molecular weight excluding hydrogens is 255 g/mol. The minimum Gasteiger partial charge on any atom is -0.125 e. The molecule has 1 aliphatic carbocycles. The van der Waals surface area contributed by atoms with E-state index in [0.717, 1.165) is 0 Å². The third kappa shape index (κ3) is 1.07. The topological polar surface area (TPSA) is 0 Å². The van der Waals surface area contributed by atoms with Crippen LogP contribution in [-0.4, -0.2) is 5.25 Å². The lowest BCUT2D eigenvalue weighted by Crippen LogP contribution is -2.09. The fourth-order valence-corrected chi connectivity index (χ4v) is 3.50. The fourth-order valence-electron chi connectivity index (χ4n) is 1.19. The second kappa shape index (κ2) is 2.74. The van der Waals surface area contributed by atoms with Crippen LogP contribution in [0.2, 0.25) is 0 Å². The Morgan fingerprint density at radius 2 is 2.10 bits per heavy atom. The summed E-state index contributed by atoms with van der Waals surface area (Å²) in [4.78, 5) is 0. The second-order valence-corrected chi connectivity index (χ2v) is 4.70. The summed E-state index contributed by atoms with van der Waals surface area (Å²) in [5.41, 5.74) is 0. The van der Waals surface area contributed by atoms with E-state index in [1.54, 1.807) is 0 Å². The van der Waals surface area contributed by atoms with Crippen LogP contribution >= 0.6 is 34.4 Å². The Labute approximate surface area is 78.6 Å².